The number of piperazine rings is 1. The highest BCUT2D eigenvalue weighted by molar-refractivity contribution is 6.33. The third kappa shape index (κ3) is 6.68. The van der Waals surface area contributed by atoms with Gasteiger partial charge in [0, 0.05) is 45.0 Å². The maximum Gasteiger partial charge on any atom is 0.338 e. The van der Waals surface area contributed by atoms with Crippen molar-refractivity contribution >= 4 is 29.5 Å². The van der Waals surface area contributed by atoms with Gasteiger partial charge in [0.25, 0.3) is 5.91 Å². The van der Waals surface area contributed by atoms with Crippen LogP contribution in [0.3, 0.4) is 0 Å². The maximum absolute atomic E-state index is 13.5. The summed E-state index contributed by atoms with van der Waals surface area (Å²) in [5.74, 6) is 0.644. The second-order valence-corrected chi connectivity index (χ2v) is 11.0. The Balaban J connectivity index is 1.42. The number of halogens is 1. The number of para-hydroxylation sites is 1. The molecule has 0 spiro atoms. The lowest BCUT2D eigenvalue weighted by Gasteiger charge is -2.42. The molecule has 224 valence electrons. The number of esters is 1. The van der Waals surface area contributed by atoms with Gasteiger partial charge in [-0.25, -0.2) is 9.59 Å². The van der Waals surface area contributed by atoms with E-state index in [4.69, 9.17) is 21.1 Å². The first-order valence-electron chi connectivity index (χ1n) is 14.3. The minimum Gasteiger partial charge on any atom is -0.463 e. The van der Waals surface area contributed by atoms with Crippen molar-refractivity contribution in [1.82, 2.24) is 20.0 Å². The number of nitrogens with zero attached hydrogens (tertiary/aromatic N) is 3. The van der Waals surface area contributed by atoms with E-state index in [0.29, 0.717) is 65.1 Å². The molecule has 9 nitrogen and oxygen atoms in total. The predicted octanol–water partition coefficient (Wildman–Crippen LogP) is 5.49. The monoisotopic (exact) mass is 602 g/mol. The summed E-state index contributed by atoms with van der Waals surface area (Å²) in [6.45, 7) is 5.84. The van der Waals surface area contributed by atoms with Crippen molar-refractivity contribution in [3.8, 4) is 11.5 Å². The highest BCUT2D eigenvalue weighted by Crippen LogP contribution is 2.34. The van der Waals surface area contributed by atoms with Crippen LogP contribution < -0.4 is 10.1 Å². The number of rotatable bonds is 8. The summed E-state index contributed by atoms with van der Waals surface area (Å²) < 4.78 is 11.5. The van der Waals surface area contributed by atoms with Crippen LogP contribution in [0.4, 0.5) is 4.79 Å². The molecular weight excluding hydrogens is 568 g/mol. The Morgan fingerprint density at radius 2 is 1.70 bits per heavy atom. The summed E-state index contributed by atoms with van der Waals surface area (Å²) in [7, 11) is 1.65. The molecule has 2 atom stereocenters. The van der Waals surface area contributed by atoms with Gasteiger partial charge in [-0.15, -0.1) is 0 Å². The van der Waals surface area contributed by atoms with Gasteiger partial charge in [0.15, 0.2) is 0 Å². The van der Waals surface area contributed by atoms with E-state index in [1.165, 1.54) is 4.90 Å². The van der Waals surface area contributed by atoms with E-state index >= 15 is 0 Å². The van der Waals surface area contributed by atoms with Crippen molar-refractivity contribution in [2.45, 2.75) is 25.9 Å². The molecule has 3 aromatic rings. The van der Waals surface area contributed by atoms with Crippen LogP contribution in [0.1, 0.15) is 35.8 Å². The van der Waals surface area contributed by atoms with Gasteiger partial charge in [0.2, 0.25) is 0 Å². The van der Waals surface area contributed by atoms with Crippen LogP contribution in [0.5, 0.6) is 11.5 Å². The molecule has 3 amide bonds. The van der Waals surface area contributed by atoms with Crippen LogP contribution >= 0.6 is 11.6 Å². The Hall–Kier alpha value is -4.34. The van der Waals surface area contributed by atoms with E-state index in [9.17, 15) is 14.4 Å². The number of hydrogen-bond acceptors (Lipinski definition) is 6. The number of carbonyl (C=O) groups excluding carboxylic acids is 3. The van der Waals surface area contributed by atoms with Crippen LogP contribution in [-0.2, 0) is 9.53 Å². The first-order valence-corrected chi connectivity index (χ1v) is 14.7. The predicted molar refractivity (Wildman–Crippen MR) is 164 cm³/mol. The molecule has 0 aromatic heterocycles. The number of urea groups is 1. The SMILES string of the molecule is CCOC(=O)C1=C(CN2CCN(C(=O)c3ccccc3Cl)C(C)C2)N(C)C(=O)NC1c1cccc(Oc2ccccc2)c1. The summed E-state index contributed by atoms with van der Waals surface area (Å²) >= 11 is 6.30. The van der Waals surface area contributed by atoms with Gasteiger partial charge >= 0.3 is 12.0 Å². The molecule has 2 heterocycles. The standard InChI is InChI=1S/C33H35ClN4O5/c1-4-42-32(40)29-28(21-37-17-18-38(22(2)20-37)31(39)26-15-8-9-16-27(26)34)36(3)33(41)35-30(29)23-11-10-14-25(19-23)43-24-12-6-5-7-13-24/h5-16,19,22,30H,4,17-18,20-21H2,1-3H3,(H,35,41). The minimum atomic E-state index is -0.738. The Kier molecular flexibility index (Phi) is 9.33. The quantitative estimate of drug-likeness (QED) is 0.343. The van der Waals surface area contributed by atoms with Crippen molar-refractivity contribution in [2.24, 2.45) is 0 Å². The highest BCUT2D eigenvalue weighted by Gasteiger charge is 2.38. The number of amides is 3. The van der Waals surface area contributed by atoms with Crippen LogP contribution in [0.15, 0.2) is 90.1 Å². The lowest BCUT2D eigenvalue weighted by molar-refractivity contribution is -0.139. The Bertz CT molecular complexity index is 1530. The van der Waals surface area contributed by atoms with Crippen molar-refractivity contribution in [3.63, 3.8) is 0 Å². The molecule has 3 aromatic carbocycles. The van der Waals surface area contributed by atoms with Gasteiger partial charge in [-0.2, -0.15) is 0 Å². The third-order valence-electron chi connectivity index (χ3n) is 7.69. The molecule has 2 aliphatic heterocycles. The molecule has 1 N–H and O–H groups in total. The van der Waals surface area contributed by atoms with Crippen molar-refractivity contribution in [2.75, 3.05) is 39.8 Å². The smallest absolute Gasteiger partial charge is 0.338 e. The number of ether oxygens (including phenoxy) is 2. The van der Waals surface area contributed by atoms with E-state index in [2.05, 4.69) is 10.2 Å². The molecule has 0 aliphatic carbocycles. The molecule has 0 saturated carbocycles. The van der Waals surface area contributed by atoms with Gasteiger partial charge in [-0.3, -0.25) is 14.6 Å². The van der Waals surface area contributed by atoms with E-state index in [-0.39, 0.29) is 24.6 Å². The zero-order valence-corrected chi connectivity index (χ0v) is 25.2. The van der Waals surface area contributed by atoms with Crippen LogP contribution in [0, 0.1) is 0 Å². The number of carbonyl (C=O) groups is 3. The number of benzene rings is 3. The van der Waals surface area contributed by atoms with Crippen molar-refractivity contribution in [3.05, 3.63) is 106 Å². The second kappa shape index (κ2) is 13.3. The number of nitrogens with one attached hydrogen (secondary N) is 1. The fraction of sp³-hybridized carbons (Fsp3) is 0.303. The summed E-state index contributed by atoms with van der Waals surface area (Å²) in [5.41, 5.74) is 2.09. The van der Waals surface area contributed by atoms with Gasteiger partial charge in [0.1, 0.15) is 11.5 Å². The fourth-order valence-electron chi connectivity index (χ4n) is 5.51. The first-order chi connectivity index (χ1) is 20.8. The Morgan fingerprint density at radius 1 is 0.977 bits per heavy atom. The fourth-order valence-corrected chi connectivity index (χ4v) is 5.73. The highest BCUT2D eigenvalue weighted by atomic mass is 35.5. The van der Waals surface area contributed by atoms with Crippen LogP contribution in [-0.4, -0.2) is 78.5 Å². The summed E-state index contributed by atoms with van der Waals surface area (Å²) in [5, 5.41) is 3.39. The lowest BCUT2D eigenvalue weighted by atomic mass is 9.94. The Labute approximate surface area is 256 Å². The van der Waals surface area contributed by atoms with E-state index in [0.717, 1.165) is 0 Å². The van der Waals surface area contributed by atoms with Crippen LogP contribution in [0.2, 0.25) is 5.02 Å². The molecule has 1 fully saturated rings. The molecule has 43 heavy (non-hydrogen) atoms. The van der Waals surface area contributed by atoms with E-state index in [1.54, 1.807) is 38.2 Å². The minimum absolute atomic E-state index is 0.115. The molecule has 0 radical (unpaired) electrons. The topological polar surface area (TPSA) is 91.4 Å². The maximum atomic E-state index is 13.5. The van der Waals surface area contributed by atoms with Gasteiger partial charge in [-0.1, -0.05) is 54.1 Å². The zero-order chi connectivity index (χ0) is 30.5. The molecule has 5 rings (SSSR count). The van der Waals surface area contributed by atoms with Crippen molar-refractivity contribution < 1.29 is 23.9 Å². The van der Waals surface area contributed by atoms with Crippen LogP contribution in [0.25, 0.3) is 0 Å². The van der Waals surface area contributed by atoms with Gasteiger partial charge in [0.05, 0.1) is 28.8 Å². The van der Waals surface area contributed by atoms with Gasteiger partial charge < -0.3 is 19.7 Å². The lowest BCUT2D eigenvalue weighted by Crippen LogP contribution is -2.56. The zero-order valence-electron chi connectivity index (χ0n) is 24.5. The van der Waals surface area contributed by atoms with E-state index < -0.39 is 12.0 Å². The average Bonchev–Trinajstić information content (AvgIpc) is 3.00. The second-order valence-electron chi connectivity index (χ2n) is 10.6. The largest absolute Gasteiger partial charge is 0.463 e. The number of hydrogen-bond donors (Lipinski definition) is 1. The first kappa shape index (κ1) is 30.1. The van der Waals surface area contributed by atoms with Gasteiger partial charge in [-0.05, 0) is 55.8 Å². The van der Waals surface area contributed by atoms with Crippen molar-refractivity contribution in [1.29, 1.82) is 0 Å². The summed E-state index contributed by atoms with van der Waals surface area (Å²) in [6.07, 6.45) is 0. The molecule has 2 aliphatic rings. The normalized spacial score (nSPS) is 19.2. The summed E-state index contributed by atoms with van der Waals surface area (Å²) in [6, 6.07) is 22.6. The third-order valence-corrected chi connectivity index (χ3v) is 8.02. The molecule has 0 bridgehead atoms. The Morgan fingerprint density at radius 3 is 2.42 bits per heavy atom. The molecule has 2 unspecified atom stereocenters. The molecular formula is C33H35ClN4O5. The molecule has 10 heteroatoms. The average molecular weight is 603 g/mol. The summed E-state index contributed by atoms with van der Waals surface area (Å²) in [4.78, 5) is 45.4. The number of likely N-dealkylation sites (N-methyl/N-ethyl adjacent to an activating group) is 1. The van der Waals surface area contributed by atoms with E-state index in [1.807, 2.05) is 66.4 Å². The molecule has 1 saturated heterocycles.